The van der Waals surface area contributed by atoms with Gasteiger partial charge in [-0.15, -0.1) is 0 Å². The quantitative estimate of drug-likeness (QED) is 0.714. The van der Waals surface area contributed by atoms with Crippen LogP contribution in [0.1, 0.15) is 60.3 Å². The average Bonchev–Trinajstić information content (AvgIpc) is 2.91. The van der Waals surface area contributed by atoms with Crippen molar-refractivity contribution in [2.75, 3.05) is 0 Å². The van der Waals surface area contributed by atoms with Crippen LogP contribution in [-0.4, -0.2) is 33.0 Å². The minimum Gasteiger partial charge on any atom is -0.386 e. The molecule has 0 spiro atoms. The molecule has 3 aliphatic carbocycles. The van der Waals surface area contributed by atoms with E-state index in [1.807, 2.05) is 6.92 Å². The second kappa shape index (κ2) is 5.25. The first kappa shape index (κ1) is 17.8. The third-order valence-electron chi connectivity index (χ3n) is 6.93. The van der Waals surface area contributed by atoms with Crippen LogP contribution >= 0.6 is 0 Å². The molecule has 4 heteroatoms. The molecule has 0 aromatic heterocycles. The van der Waals surface area contributed by atoms with Gasteiger partial charge < -0.3 is 10.2 Å². The number of aliphatic hydroxyl groups is 2. The fourth-order valence-electron chi connectivity index (χ4n) is 5.16. The Morgan fingerprint density at radius 3 is 2.29 bits per heavy atom. The highest BCUT2D eigenvalue weighted by atomic mass is 16.3. The summed E-state index contributed by atoms with van der Waals surface area (Å²) in [6.07, 6.45) is 3.77. The summed E-state index contributed by atoms with van der Waals surface area (Å²) in [5.41, 5.74) is -2.62. The summed E-state index contributed by atoms with van der Waals surface area (Å²) >= 11 is 0. The van der Waals surface area contributed by atoms with Crippen LogP contribution in [0.5, 0.6) is 0 Å². The van der Waals surface area contributed by atoms with Crippen LogP contribution in [0, 0.1) is 29.1 Å². The fourth-order valence-corrected chi connectivity index (χ4v) is 5.16. The summed E-state index contributed by atoms with van der Waals surface area (Å²) in [6.45, 7) is 9.72. The molecule has 0 radical (unpaired) electrons. The standard InChI is InChI=1S/C20H30O4/c1-11-8-14-13(18(14,3)4)6-7-19(5,23)10-15-16(21)12(2)9-20(15,24)17(11)22/h10-14,23-24H,6-9H2,1-5H3/b15-10-/t11-,12+,13+,14-,19+,20+/m1/s1. The van der Waals surface area contributed by atoms with Crippen molar-refractivity contribution in [2.24, 2.45) is 29.1 Å². The highest BCUT2D eigenvalue weighted by molar-refractivity contribution is 6.11. The van der Waals surface area contributed by atoms with Gasteiger partial charge in [-0.3, -0.25) is 9.59 Å². The lowest BCUT2D eigenvalue weighted by molar-refractivity contribution is -0.138. The minimum atomic E-state index is -1.74. The maximum atomic E-state index is 13.0. The van der Waals surface area contributed by atoms with E-state index in [0.29, 0.717) is 18.3 Å². The molecule has 0 aliphatic heterocycles. The van der Waals surface area contributed by atoms with Gasteiger partial charge in [-0.05, 0) is 55.9 Å². The van der Waals surface area contributed by atoms with Crippen LogP contribution in [0.2, 0.25) is 0 Å². The number of ketones is 2. The average molecular weight is 334 g/mol. The van der Waals surface area contributed by atoms with Gasteiger partial charge in [0.1, 0.15) is 0 Å². The molecule has 0 aromatic rings. The largest absolute Gasteiger partial charge is 0.386 e. The van der Waals surface area contributed by atoms with Gasteiger partial charge in [0.05, 0.1) is 5.60 Å². The summed E-state index contributed by atoms with van der Waals surface area (Å²) < 4.78 is 0. The van der Waals surface area contributed by atoms with Gasteiger partial charge in [-0.1, -0.05) is 27.7 Å². The molecule has 0 bridgehead atoms. The first-order chi connectivity index (χ1) is 10.9. The number of carbonyl (C=O) groups excluding carboxylic acids is 2. The molecule has 2 saturated carbocycles. The van der Waals surface area contributed by atoms with Gasteiger partial charge in [-0.25, -0.2) is 0 Å². The molecule has 2 fully saturated rings. The third-order valence-corrected chi connectivity index (χ3v) is 6.93. The zero-order valence-electron chi connectivity index (χ0n) is 15.4. The van der Waals surface area contributed by atoms with E-state index in [9.17, 15) is 19.8 Å². The summed E-state index contributed by atoms with van der Waals surface area (Å²) in [6, 6.07) is 0. The summed E-state index contributed by atoms with van der Waals surface area (Å²) in [7, 11) is 0. The lowest BCUT2D eigenvalue weighted by atomic mass is 9.81. The van der Waals surface area contributed by atoms with Gasteiger partial charge >= 0.3 is 0 Å². The minimum absolute atomic E-state index is 0.117. The number of hydrogen-bond donors (Lipinski definition) is 2. The van der Waals surface area contributed by atoms with Crippen molar-refractivity contribution in [2.45, 2.75) is 71.5 Å². The summed E-state index contributed by atoms with van der Waals surface area (Å²) in [5, 5.41) is 21.9. The Morgan fingerprint density at radius 1 is 1.04 bits per heavy atom. The van der Waals surface area contributed by atoms with Crippen LogP contribution in [0.15, 0.2) is 11.6 Å². The van der Waals surface area contributed by atoms with E-state index in [2.05, 4.69) is 13.8 Å². The molecule has 3 aliphatic rings. The number of Topliss-reactive ketones (excluding diaryl/α,β-unsaturated/α-hetero) is 2. The lowest BCUT2D eigenvalue weighted by Crippen LogP contribution is -2.43. The molecular weight excluding hydrogens is 304 g/mol. The number of hydrogen-bond acceptors (Lipinski definition) is 4. The molecule has 4 nitrogen and oxygen atoms in total. The topological polar surface area (TPSA) is 74.6 Å². The van der Waals surface area contributed by atoms with Gasteiger partial charge in [0, 0.05) is 17.4 Å². The van der Waals surface area contributed by atoms with Crippen molar-refractivity contribution < 1.29 is 19.8 Å². The van der Waals surface area contributed by atoms with Crippen molar-refractivity contribution in [3.8, 4) is 0 Å². The Bertz CT molecular complexity index is 615. The molecule has 2 N–H and O–H groups in total. The molecule has 0 aromatic carbocycles. The van der Waals surface area contributed by atoms with E-state index in [-0.39, 0.29) is 40.8 Å². The Balaban J connectivity index is 2.04. The SMILES string of the molecule is C[C@@H]1C[C@@H]2[C@H](CC[C@](C)(O)/C=C3/C(=O)[C@@H](C)C[C@@]3(O)C1=O)C2(C)C. The Labute approximate surface area is 144 Å². The smallest absolute Gasteiger partial charge is 0.171 e. The normalized spacial score (nSPS) is 50.4. The molecule has 0 saturated heterocycles. The predicted octanol–water partition coefficient (Wildman–Crippen LogP) is 2.67. The van der Waals surface area contributed by atoms with Crippen LogP contribution in [-0.2, 0) is 9.59 Å². The number of carbonyl (C=O) groups is 2. The Morgan fingerprint density at radius 2 is 1.67 bits per heavy atom. The molecule has 0 amide bonds. The van der Waals surface area contributed by atoms with Gasteiger partial charge in [0.2, 0.25) is 0 Å². The van der Waals surface area contributed by atoms with Crippen LogP contribution < -0.4 is 0 Å². The molecule has 3 rings (SSSR count). The molecule has 134 valence electrons. The monoisotopic (exact) mass is 334 g/mol. The number of fused-ring (bicyclic) bond motifs is 2. The van der Waals surface area contributed by atoms with E-state index < -0.39 is 11.2 Å². The maximum absolute atomic E-state index is 13.0. The van der Waals surface area contributed by atoms with E-state index in [1.54, 1.807) is 13.8 Å². The first-order valence-electron chi connectivity index (χ1n) is 9.17. The zero-order chi connectivity index (χ0) is 18.1. The molecular formula is C20H30O4. The highest BCUT2D eigenvalue weighted by Crippen LogP contribution is 2.63. The zero-order valence-corrected chi connectivity index (χ0v) is 15.4. The van der Waals surface area contributed by atoms with E-state index in [4.69, 9.17) is 0 Å². The molecule has 24 heavy (non-hydrogen) atoms. The second-order valence-corrected chi connectivity index (χ2v) is 9.32. The first-order valence-corrected chi connectivity index (χ1v) is 9.17. The van der Waals surface area contributed by atoms with Crippen molar-refractivity contribution in [3.05, 3.63) is 11.6 Å². The summed E-state index contributed by atoms with van der Waals surface area (Å²) in [4.78, 5) is 25.5. The van der Waals surface area contributed by atoms with Gasteiger partial charge in [-0.2, -0.15) is 0 Å². The van der Waals surface area contributed by atoms with Crippen molar-refractivity contribution in [3.63, 3.8) is 0 Å². The Hall–Kier alpha value is -1.00. The van der Waals surface area contributed by atoms with Crippen molar-refractivity contribution in [1.82, 2.24) is 0 Å². The summed E-state index contributed by atoms with van der Waals surface area (Å²) in [5.74, 6) is -0.212. The van der Waals surface area contributed by atoms with Crippen molar-refractivity contribution >= 4 is 11.6 Å². The van der Waals surface area contributed by atoms with E-state index in [1.165, 1.54) is 6.08 Å². The van der Waals surface area contributed by atoms with Crippen molar-refractivity contribution in [1.29, 1.82) is 0 Å². The Kier molecular flexibility index (Phi) is 3.89. The predicted molar refractivity (Wildman–Crippen MR) is 91.2 cm³/mol. The van der Waals surface area contributed by atoms with Crippen LogP contribution in [0.3, 0.4) is 0 Å². The molecule has 6 atom stereocenters. The molecule has 0 heterocycles. The fraction of sp³-hybridized carbons (Fsp3) is 0.800. The lowest BCUT2D eigenvalue weighted by Gasteiger charge is -2.28. The maximum Gasteiger partial charge on any atom is 0.171 e. The third kappa shape index (κ3) is 2.59. The van der Waals surface area contributed by atoms with Crippen LogP contribution in [0.25, 0.3) is 0 Å². The van der Waals surface area contributed by atoms with E-state index >= 15 is 0 Å². The highest BCUT2D eigenvalue weighted by Gasteiger charge is 2.60. The second-order valence-electron chi connectivity index (χ2n) is 9.32. The molecule has 0 unspecified atom stereocenters. The van der Waals surface area contributed by atoms with Crippen LogP contribution in [0.4, 0.5) is 0 Å². The van der Waals surface area contributed by atoms with Gasteiger partial charge in [0.15, 0.2) is 17.2 Å². The van der Waals surface area contributed by atoms with E-state index in [0.717, 1.165) is 12.8 Å². The number of rotatable bonds is 0. The van der Waals surface area contributed by atoms with Gasteiger partial charge in [0.25, 0.3) is 0 Å².